The van der Waals surface area contributed by atoms with Crippen LogP contribution < -0.4 is 5.32 Å². The average molecular weight is 221 g/mol. The summed E-state index contributed by atoms with van der Waals surface area (Å²) < 4.78 is 0. The zero-order valence-electron chi connectivity index (χ0n) is 10.1. The van der Waals surface area contributed by atoms with Crippen molar-refractivity contribution < 1.29 is 9.90 Å². The summed E-state index contributed by atoms with van der Waals surface area (Å²) in [5.41, 5.74) is 1.22. The number of nitrogens with one attached hydrogen (secondary N) is 1. The van der Waals surface area contributed by atoms with Crippen LogP contribution in [-0.2, 0) is 0 Å². The van der Waals surface area contributed by atoms with Gasteiger partial charge in [0.1, 0.15) is 5.75 Å². The molecular weight excluding hydrogens is 202 g/mol. The van der Waals surface area contributed by atoms with Gasteiger partial charge in [-0.3, -0.25) is 4.79 Å². The van der Waals surface area contributed by atoms with Crippen LogP contribution in [0.2, 0.25) is 0 Å². The van der Waals surface area contributed by atoms with E-state index in [1.54, 1.807) is 12.1 Å². The molecule has 0 atom stereocenters. The lowest BCUT2D eigenvalue weighted by molar-refractivity contribution is 0.101. The first-order chi connectivity index (χ1) is 7.50. The van der Waals surface area contributed by atoms with Crippen LogP contribution in [0.15, 0.2) is 18.2 Å². The Balaban J connectivity index is 2.63. The summed E-state index contributed by atoms with van der Waals surface area (Å²) in [5, 5.41) is 12.8. The van der Waals surface area contributed by atoms with E-state index in [0.717, 1.165) is 18.7 Å². The molecule has 0 spiro atoms. The second-order valence-corrected chi connectivity index (χ2v) is 4.40. The van der Waals surface area contributed by atoms with Crippen LogP contribution in [0.3, 0.4) is 0 Å². The predicted octanol–water partition coefficient (Wildman–Crippen LogP) is 3.05. The Hall–Kier alpha value is -1.51. The summed E-state index contributed by atoms with van der Waals surface area (Å²) in [4.78, 5) is 11.1. The molecule has 0 aliphatic rings. The Bertz CT molecular complexity index is 372. The molecule has 0 amide bonds. The third kappa shape index (κ3) is 3.57. The van der Waals surface area contributed by atoms with E-state index in [-0.39, 0.29) is 11.5 Å². The van der Waals surface area contributed by atoms with E-state index in [9.17, 15) is 9.90 Å². The Kier molecular flexibility index (Phi) is 4.35. The van der Waals surface area contributed by atoms with Gasteiger partial charge in [-0.15, -0.1) is 0 Å². The lowest BCUT2D eigenvalue weighted by Gasteiger charge is -2.09. The number of carbonyl (C=O) groups excluding carboxylic acids is 1. The summed E-state index contributed by atoms with van der Waals surface area (Å²) in [6, 6.07) is 5.06. The summed E-state index contributed by atoms with van der Waals surface area (Å²) in [6.45, 7) is 6.65. The molecule has 0 bridgehead atoms. The number of phenolic OH excluding ortho intramolecular Hbond substituents is 1. The van der Waals surface area contributed by atoms with Crippen molar-refractivity contribution in [3.63, 3.8) is 0 Å². The van der Waals surface area contributed by atoms with Crippen LogP contribution in [0.25, 0.3) is 0 Å². The van der Waals surface area contributed by atoms with E-state index in [4.69, 9.17) is 0 Å². The van der Waals surface area contributed by atoms with E-state index in [1.165, 1.54) is 6.92 Å². The molecule has 0 fully saturated rings. The smallest absolute Gasteiger partial charge is 0.163 e. The minimum Gasteiger partial charge on any atom is -0.507 e. The second kappa shape index (κ2) is 5.54. The second-order valence-electron chi connectivity index (χ2n) is 4.40. The lowest BCUT2D eigenvalue weighted by atomic mass is 10.1. The molecule has 1 aromatic carbocycles. The van der Waals surface area contributed by atoms with Gasteiger partial charge in [-0.05, 0) is 31.4 Å². The number of hydrogen-bond acceptors (Lipinski definition) is 3. The van der Waals surface area contributed by atoms with Gasteiger partial charge in [0.15, 0.2) is 5.78 Å². The summed E-state index contributed by atoms with van der Waals surface area (Å²) in [7, 11) is 0. The molecule has 0 saturated heterocycles. The van der Waals surface area contributed by atoms with E-state index in [2.05, 4.69) is 19.2 Å². The van der Waals surface area contributed by atoms with Crippen LogP contribution in [0, 0.1) is 5.92 Å². The normalized spacial score (nSPS) is 10.5. The molecule has 16 heavy (non-hydrogen) atoms. The highest BCUT2D eigenvalue weighted by atomic mass is 16.3. The molecule has 0 aliphatic carbocycles. The van der Waals surface area contributed by atoms with Gasteiger partial charge >= 0.3 is 0 Å². The number of carbonyl (C=O) groups is 1. The molecule has 2 N–H and O–H groups in total. The van der Waals surface area contributed by atoms with Crippen molar-refractivity contribution >= 4 is 11.5 Å². The van der Waals surface area contributed by atoms with E-state index in [0.29, 0.717) is 11.5 Å². The van der Waals surface area contributed by atoms with Gasteiger partial charge in [0.2, 0.25) is 0 Å². The molecule has 0 aliphatic heterocycles. The maximum Gasteiger partial charge on any atom is 0.163 e. The van der Waals surface area contributed by atoms with E-state index < -0.39 is 0 Å². The van der Waals surface area contributed by atoms with Gasteiger partial charge in [-0.2, -0.15) is 0 Å². The van der Waals surface area contributed by atoms with Crippen molar-refractivity contribution in [1.82, 2.24) is 0 Å². The van der Waals surface area contributed by atoms with Gasteiger partial charge < -0.3 is 10.4 Å². The molecule has 0 aromatic heterocycles. The summed E-state index contributed by atoms with van der Waals surface area (Å²) in [5.74, 6) is 0.575. The fourth-order valence-corrected chi connectivity index (χ4v) is 1.44. The standard InChI is InChI=1S/C13H19NO2/c1-9(2)6-7-14-11-4-5-12(10(3)15)13(16)8-11/h4-5,8-9,14,16H,6-7H2,1-3H3. The first-order valence-electron chi connectivity index (χ1n) is 5.58. The summed E-state index contributed by atoms with van der Waals surface area (Å²) in [6.07, 6.45) is 1.08. The van der Waals surface area contributed by atoms with Crippen molar-refractivity contribution in [3.8, 4) is 5.75 Å². The molecule has 88 valence electrons. The molecule has 0 radical (unpaired) electrons. The molecule has 3 nitrogen and oxygen atoms in total. The third-order valence-corrected chi connectivity index (χ3v) is 2.43. The van der Waals surface area contributed by atoms with Gasteiger partial charge in [0.25, 0.3) is 0 Å². The third-order valence-electron chi connectivity index (χ3n) is 2.43. The maximum atomic E-state index is 11.1. The Morgan fingerprint density at radius 1 is 1.44 bits per heavy atom. The zero-order chi connectivity index (χ0) is 12.1. The highest BCUT2D eigenvalue weighted by Crippen LogP contribution is 2.22. The molecule has 1 rings (SSSR count). The number of phenols is 1. The van der Waals surface area contributed by atoms with Gasteiger partial charge in [0, 0.05) is 18.3 Å². The van der Waals surface area contributed by atoms with E-state index in [1.807, 2.05) is 6.07 Å². The SMILES string of the molecule is CC(=O)c1ccc(NCCC(C)C)cc1O. The predicted molar refractivity (Wildman–Crippen MR) is 66.1 cm³/mol. The molecule has 1 aromatic rings. The first kappa shape index (κ1) is 12.6. The van der Waals surface area contributed by atoms with Crippen LogP contribution in [0.1, 0.15) is 37.6 Å². The number of anilines is 1. The van der Waals surface area contributed by atoms with Crippen molar-refractivity contribution in [1.29, 1.82) is 0 Å². The van der Waals surface area contributed by atoms with Crippen LogP contribution in [-0.4, -0.2) is 17.4 Å². The van der Waals surface area contributed by atoms with Crippen molar-refractivity contribution in [3.05, 3.63) is 23.8 Å². The van der Waals surface area contributed by atoms with Crippen molar-refractivity contribution in [2.45, 2.75) is 27.2 Å². The average Bonchev–Trinajstić information content (AvgIpc) is 2.16. The number of hydrogen-bond donors (Lipinski definition) is 2. The fourth-order valence-electron chi connectivity index (χ4n) is 1.44. The zero-order valence-corrected chi connectivity index (χ0v) is 10.1. The monoisotopic (exact) mass is 221 g/mol. The Morgan fingerprint density at radius 3 is 2.62 bits per heavy atom. The minimum absolute atomic E-state index is 0.0436. The Morgan fingerprint density at radius 2 is 2.12 bits per heavy atom. The molecule has 0 heterocycles. The minimum atomic E-state index is -0.119. The van der Waals surface area contributed by atoms with Crippen LogP contribution >= 0.6 is 0 Å². The van der Waals surface area contributed by atoms with Crippen LogP contribution in [0.4, 0.5) is 5.69 Å². The highest BCUT2D eigenvalue weighted by molar-refractivity contribution is 5.97. The Labute approximate surface area is 96.5 Å². The molecule has 0 saturated carbocycles. The highest BCUT2D eigenvalue weighted by Gasteiger charge is 2.06. The topological polar surface area (TPSA) is 49.3 Å². The fraction of sp³-hybridized carbons (Fsp3) is 0.462. The van der Waals surface area contributed by atoms with Crippen molar-refractivity contribution in [2.75, 3.05) is 11.9 Å². The molecular formula is C13H19NO2. The van der Waals surface area contributed by atoms with Gasteiger partial charge in [-0.1, -0.05) is 13.8 Å². The van der Waals surface area contributed by atoms with Crippen molar-refractivity contribution in [2.24, 2.45) is 5.92 Å². The van der Waals surface area contributed by atoms with Gasteiger partial charge in [0.05, 0.1) is 5.56 Å². The number of benzene rings is 1. The largest absolute Gasteiger partial charge is 0.507 e. The van der Waals surface area contributed by atoms with Crippen LogP contribution in [0.5, 0.6) is 5.75 Å². The number of Topliss-reactive ketones (excluding diaryl/α,β-unsaturated/α-hetero) is 1. The van der Waals surface area contributed by atoms with Gasteiger partial charge in [-0.25, -0.2) is 0 Å². The quantitative estimate of drug-likeness (QED) is 0.751. The maximum absolute atomic E-state index is 11.1. The summed E-state index contributed by atoms with van der Waals surface area (Å²) >= 11 is 0. The molecule has 0 unspecified atom stereocenters. The number of aromatic hydroxyl groups is 1. The number of rotatable bonds is 5. The van der Waals surface area contributed by atoms with E-state index >= 15 is 0 Å². The lowest BCUT2D eigenvalue weighted by Crippen LogP contribution is -2.05. The first-order valence-corrected chi connectivity index (χ1v) is 5.58. The number of ketones is 1. The molecule has 3 heteroatoms.